The Balaban J connectivity index is 3.09. The molecule has 0 bridgehead atoms. The molecule has 0 fully saturated rings. The van der Waals surface area contributed by atoms with E-state index in [1.165, 1.54) is 12.1 Å². The molecule has 0 saturated heterocycles. The Morgan fingerprint density at radius 1 is 1.33 bits per heavy atom. The van der Waals surface area contributed by atoms with Gasteiger partial charge in [0.25, 0.3) is 0 Å². The maximum atomic E-state index is 11.2. The zero-order valence-electron chi connectivity index (χ0n) is 8.66. The highest BCUT2D eigenvalue weighted by Crippen LogP contribution is 2.36. The van der Waals surface area contributed by atoms with E-state index in [2.05, 4.69) is 0 Å². The first-order valence-corrected chi connectivity index (χ1v) is 7.47. The Morgan fingerprint density at radius 3 is 2.44 bits per heavy atom. The molecule has 100 valence electrons. The van der Waals surface area contributed by atoms with Crippen molar-refractivity contribution < 1.29 is 13.2 Å². The highest BCUT2D eigenvalue weighted by atomic mass is 35.5. The smallest absolute Gasteiger partial charge is 0.239 e. The lowest BCUT2D eigenvalue weighted by Crippen LogP contribution is -2.13. The molecule has 0 atom stereocenters. The molecule has 0 aliphatic carbocycles. The van der Waals surface area contributed by atoms with Crippen molar-refractivity contribution in [3.05, 3.63) is 32.7 Å². The van der Waals surface area contributed by atoms with Crippen molar-refractivity contribution in [3.8, 4) is 5.75 Å². The topological polar surface area (TPSA) is 69.4 Å². The van der Waals surface area contributed by atoms with Gasteiger partial charge in [0.05, 0.1) is 10.1 Å². The van der Waals surface area contributed by atoms with Crippen molar-refractivity contribution in [1.82, 2.24) is 0 Å². The number of halogens is 4. The van der Waals surface area contributed by atoms with Gasteiger partial charge in [-0.15, -0.1) is 0 Å². The summed E-state index contributed by atoms with van der Waals surface area (Å²) in [6.07, 6.45) is 0. The van der Waals surface area contributed by atoms with Crippen LogP contribution in [0.5, 0.6) is 5.75 Å². The van der Waals surface area contributed by atoms with Crippen LogP contribution in [-0.2, 0) is 10.0 Å². The predicted octanol–water partition coefficient (Wildman–Crippen LogP) is 3.34. The Labute approximate surface area is 124 Å². The van der Waals surface area contributed by atoms with Gasteiger partial charge in [-0.2, -0.15) is 0 Å². The van der Waals surface area contributed by atoms with Gasteiger partial charge < -0.3 is 4.74 Å². The summed E-state index contributed by atoms with van der Waals surface area (Å²) in [7, 11) is -3.94. The lowest BCUT2D eigenvalue weighted by atomic mass is 10.3. The molecular formula is C9H7Cl4NO3S. The van der Waals surface area contributed by atoms with Crippen LogP contribution in [0.15, 0.2) is 27.6 Å². The largest absolute Gasteiger partial charge is 0.486 e. The Bertz CT molecular complexity index is 586. The van der Waals surface area contributed by atoms with E-state index < -0.39 is 10.0 Å². The van der Waals surface area contributed by atoms with Crippen LogP contribution in [0.3, 0.4) is 0 Å². The van der Waals surface area contributed by atoms with Gasteiger partial charge in [0.2, 0.25) is 10.0 Å². The molecule has 0 radical (unpaired) electrons. The molecule has 1 aromatic carbocycles. The minimum absolute atomic E-state index is 0.0180. The van der Waals surface area contributed by atoms with Gasteiger partial charge >= 0.3 is 0 Å². The maximum absolute atomic E-state index is 11.2. The molecule has 0 unspecified atom stereocenters. The van der Waals surface area contributed by atoms with Gasteiger partial charge in [0.15, 0.2) is 0 Å². The number of hydrogen-bond acceptors (Lipinski definition) is 3. The Hall–Kier alpha value is -0.170. The van der Waals surface area contributed by atoms with E-state index in [0.29, 0.717) is 0 Å². The number of rotatable bonds is 4. The highest BCUT2D eigenvalue weighted by Gasteiger charge is 2.18. The normalized spacial score (nSPS) is 12.6. The first-order chi connectivity index (χ1) is 8.27. The van der Waals surface area contributed by atoms with Crippen LogP contribution in [0, 0.1) is 0 Å². The minimum atomic E-state index is -3.94. The van der Waals surface area contributed by atoms with E-state index in [4.69, 9.17) is 56.3 Å². The summed E-state index contributed by atoms with van der Waals surface area (Å²) in [4.78, 5) is -0.277. The summed E-state index contributed by atoms with van der Waals surface area (Å²) in [6.45, 7) is -0.0180. The number of hydrogen-bond donors (Lipinski definition) is 1. The third kappa shape index (κ3) is 3.91. The van der Waals surface area contributed by atoms with Gasteiger partial charge in [-0.05, 0) is 12.1 Å². The third-order valence-electron chi connectivity index (χ3n) is 1.80. The van der Waals surface area contributed by atoms with Crippen molar-refractivity contribution in [2.45, 2.75) is 4.90 Å². The van der Waals surface area contributed by atoms with Crippen molar-refractivity contribution in [3.63, 3.8) is 0 Å². The predicted molar refractivity (Wildman–Crippen MR) is 73.1 cm³/mol. The molecule has 0 aliphatic rings. The molecule has 4 nitrogen and oxygen atoms in total. The second kappa shape index (κ2) is 6.32. The van der Waals surface area contributed by atoms with E-state index in [1.54, 1.807) is 0 Å². The zero-order valence-corrected chi connectivity index (χ0v) is 12.5. The fraction of sp³-hybridized carbons (Fsp3) is 0.111. The lowest BCUT2D eigenvalue weighted by molar-refractivity contribution is 0.359. The van der Waals surface area contributed by atoms with Gasteiger partial charge in [-0.25, -0.2) is 13.6 Å². The van der Waals surface area contributed by atoms with Crippen LogP contribution in [0.25, 0.3) is 0 Å². The summed E-state index contributed by atoms with van der Waals surface area (Å²) in [5, 5.41) is 4.94. The average molecular weight is 351 g/mol. The fourth-order valence-corrected chi connectivity index (χ4v) is 2.50. The van der Waals surface area contributed by atoms with Crippen molar-refractivity contribution >= 4 is 56.4 Å². The first-order valence-electron chi connectivity index (χ1n) is 4.35. The van der Waals surface area contributed by atoms with Crippen molar-refractivity contribution in [1.29, 1.82) is 0 Å². The molecule has 1 aromatic rings. The van der Waals surface area contributed by atoms with Crippen LogP contribution >= 0.6 is 46.4 Å². The maximum Gasteiger partial charge on any atom is 0.239 e. The van der Waals surface area contributed by atoms with Crippen molar-refractivity contribution in [2.75, 3.05) is 6.61 Å². The summed E-state index contributed by atoms with van der Waals surface area (Å²) in [5.41, 5.74) is 1.13. The Kier molecular flexibility index (Phi) is 5.58. The van der Waals surface area contributed by atoms with E-state index in [9.17, 15) is 8.42 Å². The second-order valence-electron chi connectivity index (χ2n) is 3.08. The average Bonchev–Trinajstić information content (AvgIpc) is 2.28. The summed E-state index contributed by atoms with van der Waals surface area (Å²) >= 11 is 22.6. The summed E-state index contributed by atoms with van der Waals surface area (Å²) in [5.74, 6) is 0.172. The lowest BCUT2D eigenvalue weighted by Gasteiger charge is -2.10. The van der Waals surface area contributed by atoms with Crippen LogP contribution in [0.2, 0.25) is 10.0 Å². The molecular weight excluding hydrogens is 344 g/mol. The molecule has 18 heavy (non-hydrogen) atoms. The molecule has 1 rings (SSSR count). The van der Waals surface area contributed by atoms with Gasteiger partial charge in [0, 0.05) is 5.54 Å². The molecule has 0 aliphatic heterocycles. The molecule has 0 spiro atoms. The summed E-state index contributed by atoms with van der Waals surface area (Å²) < 4.78 is 27.6. The van der Waals surface area contributed by atoms with E-state index in [0.717, 1.165) is 5.54 Å². The number of benzene rings is 1. The summed E-state index contributed by atoms with van der Waals surface area (Å²) in [6, 6.07) is 2.52. The van der Waals surface area contributed by atoms with Crippen LogP contribution in [-0.4, -0.2) is 15.0 Å². The van der Waals surface area contributed by atoms with Gasteiger partial charge in [0.1, 0.15) is 22.3 Å². The molecule has 0 aromatic heterocycles. The van der Waals surface area contributed by atoms with Crippen LogP contribution in [0.4, 0.5) is 0 Å². The SMILES string of the molecule is NS(=O)(=O)c1ccc(OC/C(Cl)=C/Cl)c(Cl)c1Cl. The van der Waals surface area contributed by atoms with Crippen LogP contribution < -0.4 is 9.88 Å². The fourth-order valence-electron chi connectivity index (χ4n) is 1.02. The molecule has 2 N–H and O–H groups in total. The quantitative estimate of drug-likeness (QED) is 0.905. The van der Waals surface area contributed by atoms with Gasteiger partial charge in [-0.1, -0.05) is 46.4 Å². The molecule has 0 saturated carbocycles. The highest BCUT2D eigenvalue weighted by molar-refractivity contribution is 7.89. The first kappa shape index (κ1) is 15.9. The number of ether oxygens (including phenoxy) is 1. The Morgan fingerprint density at radius 2 is 1.94 bits per heavy atom. The standard InChI is InChI=1S/C9H7Cl4NO3S/c10-3-5(11)4-17-6-1-2-7(18(14,15)16)9(13)8(6)12/h1-3H,4H2,(H2,14,15,16)/b5-3-. The molecule has 0 amide bonds. The second-order valence-corrected chi connectivity index (χ2v) is 6.07. The van der Waals surface area contributed by atoms with Crippen LogP contribution in [0.1, 0.15) is 0 Å². The molecule has 0 heterocycles. The number of sulfonamides is 1. The number of primary sulfonamides is 1. The zero-order chi connectivity index (χ0) is 13.9. The van der Waals surface area contributed by atoms with Crippen molar-refractivity contribution in [2.24, 2.45) is 5.14 Å². The minimum Gasteiger partial charge on any atom is -0.486 e. The third-order valence-corrected chi connectivity index (χ3v) is 4.33. The van der Waals surface area contributed by atoms with E-state index >= 15 is 0 Å². The van der Waals surface area contributed by atoms with E-state index in [1.807, 2.05) is 0 Å². The molecule has 9 heteroatoms. The number of nitrogens with two attached hydrogens (primary N) is 1. The van der Waals surface area contributed by atoms with E-state index in [-0.39, 0.29) is 32.3 Å². The van der Waals surface area contributed by atoms with Gasteiger partial charge in [-0.3, -0.25) is 0 Å². The monoisotopic (exact) mass is 349 g/mol.